The first-order valence-electron chi connectivity index (χ1n) is 6.13. The van der Waals surface area contributed by atoms with Gasteiger partial charge in [-0.3, -0.25) is 15.0 Å². The van der Waals surface area contributed by atoms with Crippen LogP contribution in [0.2, 0.25) is 0 Å². The topological polar surface area (TPSA) is 99.3 Å². The summed E-state index contributed by atoms with van der Waals surface area (Å²) in [5.41, 5.74) is 5.74. The summed E-state index contributed by atoms with van der Waals surface area (Å²) < 4.78 is 0. The number of carbonyl (C=O) groups excluding carboxylic acids is 3. The Morgan fingerprint density at radius 3 is 2.10 bits per heavy atom. The smallest absolute Gasteiger partial charge is 0.337 e. The molecule has 0 saturated heterocycles. The van der Waals surface area contributed by atoms with E-state index in [2.05, 4.69) is 16.1 Å². The van der Waals surface area contributed by atoms with Crippen LogP contribution in [-0.2, 0) is 9.59 Å². The SMILES string of the molecule is Cc1ccc(NC(=O)NNC(=O)C(=O)NC(C)C)cc1. The minimum atomic E-state index is -0.933. The van der Waals surface area contributed by atoms with Crippen LogP contribution in [0.3, 0.4) is 0 Å². The molecule has 1 aromatic carbocycles. The molecule has 0 aliphatic carbocycles. The Kier molecular flexibility index (Phi) is 5.52. The molecule has 108 valence electrons. The van der Waals surface area contributed by atoms with Gasteiger partial charge >= 0.3 is 17.8 Å². The highest BCUT2D eigenvalue weighted by Gasteiger charge is 2.14. The second-order valence-electron chi connectivity index (χ2n) is 4.53. The zero-order valence-corrected chi connectivity index (χ0v) is 11.6. The maximum Gasteiger partial charge on any atom is 0.337 e. The molecule has 0 bridgehead atoms. The largest absolute Gasteiger partial charge is 0.346 e. The molecule has 0 radical (unpaired) electrons. The molecular weight excluding hydrogens is 260 g/mol. The summed E-state index contributed by atoms with van der Waals surface area (Å²) in [4.78, 5) is 34.1. The quantitative estimate of drug-likeness (QED) is 0.472. The standard InChI is InChI=1S/C13H18N4O3/c1-8(2)14-11(18)12(19)16-17-13(20)15-10-6-4-9(3)5-7-10/h4-8H,1-3H3,(H,14,18)(H,16,19)(H2,15,17,20). The highest BCUT2D eigenvalue weighted by Crippen LogP contribution is 2.07. The van der Waals surface area contributed by atoms with E-state index in [4.69, 9.17) is 0 Å². The van der Waals surface area contributed by atoms with E-state index in [1.165, 1.54) is 0 Å². The van der Waals surface area contributed by atoms with E-state index >= 15 is 0 Å². The van der Waals surface area contributed by atoms with Crippen LogP contribution in [0, 0.1) is 6.92 Å². The van der Waals surface area contributed by atoms with Crippen LogP contribution in [-0.4, -0.2) is 23.9 Å². The van der Waals surface area contributed by atoms with Crippen LogP contribution in [0.1, 0.15) is 19.4 Å². The third kappa shape index (κ3) is 5.38. The lowest BCUT2D eigenvalue weighted by molar-refractivity contribution is -0.139. The van der Waals surface area contributed by atoms with Crippen molar-refractivity contribution in [2.75, 3.05) is 5.32 Å². The first kappa shape index (κ1) is 15.5. The van der Waals surface area contributed by atoms with Gasteiger partial charge < -0.3 is 10.6 Å². The predicted octanol–water partition coefficient (Wildman–Crippen LogP) is 0.672. The van der Waals surface area contributed by atoms with Gasteiger partial charge in [0.2, 0.25) is 0 Å². The summed E-state index contributed by atoms with van der Waals surface area (Å²) in [5, 5.41) is 4.91. The normalized spacial score (nSPS) is 9.80. The number of hydrogen-bond donors (Lipinski definition) is 4. The van der Waals surface area contributed by atoms with Gasteiger partial charge in [-0.2, -0.15) is 0 Å². The number of benzene rings is 1. The van der Waals surface area contributed by atoms with Gasteiger partial charge in [-0.1, -0.05) is 17.7 Å². The third-order valence-corrected chi connectivity index (χ3v) is 2.22. The number of anilines is 1. The molecule has 4 amide bonds. The molecule has 1 rings (SSSR count). The molecule has 7 nitrogen and oxygen atoms in total. The molecule has 0 heterocycles. The highest BCUT2D eigenvalue weighted by molar-refractivity contribution is 6.35. The monoisotopic (exact) mass is 278 g/mol. The van der Waals surface area contributed by atoms with Crippen LogP contribution in [0.5, 0.6) is 0 Å². The van der Waals surface area contributed by atoms with Gasteiger partial charge in [-0.05, 0) is 32.9 Å². The summed E-state index contributed by atoms with van der Waals surface area (Å²) in [6.07, 6.45) is 0. The van der Waals surface area contributed by atoms with Gasteiger partial charge in [0.25, 0.3) is 0 Å². The minimum absolute atomic E-state index is 0.158. The molecule has 0 aliphatic heterocycles. The Morgan fingerprint density at radius 1 is 0.950 bits per heavy atom. The molecular formula is C13H18N4O3. The highest BCUT2D eigenvalue weighted by atomic mass is 16.2. The zero-order valence-electron chi connectivity index (χ0n) is 11.6. The molecule has 7 heteroatoms. The van der Waals surface area contributed by atoms with E-state index in [0.717, 1.165) is 5.56 Å². The number of rotatable bonds is 2. The van der Waals surface area contributed by atoms with E-state index < -0.39 is 17.8 Å². The van der Waals surface area contributed by atoms with Crippen LogP contribution in [0.15, 0.2) is 24.3 Å². The fraction of sp³-hybridized carbons (Fsp3) is 0.308. The van der Waals surface area contributed by atoms with Crippen molar-refractivity contribution in [1.82, 2.24) is 16.2 Å². The van der Waals surface area contributed by atoms with E-state index in [0.29, 0.717) is 5.69 Å². The first-order valence-corrected chi connectivity index (χ1v) is 6.13. The van der Waals surface area contributed by atoms with Crippen molar-refractivity contribution in [2.24, 2.45) is 0 Å². The van der Waals surface area contributed by atoms with E-state index in [1.54, 1.807) is 26.0 Å². The van der Waals surface area contributed by atoms with E-state index in [-0.39, 0.29) is 6.04 Å². The number of urea groups is 1. The molecule has 20 heavy (non-hydrogen) atoms. The third-order valence-electron chi connectivity index (χ3n) is 2.22. The molecule has 0 unspecified atom stereocenters. The number of nitrogens with one attached hydrogen (secondary N) is 4. The average Bonchev–Trinajstić information content (AvgIpc) is 2.38. The van der Waals surface area contributed by atoms with Crippen LogP contribution >= 0.6 is 0 Å². The van der Waals surface area contributed by atoms with Crippen molar-refractivity contribution in [1.29, 1.82) is 0 Å². The Hall–Kier alpha value is -2.57. The number of hydrogen-bond acceptors (Lipinski definition) is 3. The second-order valence-corrected chi connectivity index (χ2v) is 4.53. The molecule has 4 N–H and O–H groups in total. The predicted molar refractivity (Wildman–Crippen MR) is 74.8 cm³/mol. The molecule has 0 aromatic heterocycles. The average molecular weight is 278 g/mol. The Morgan fingerprint density at radius 2 is 1.55 bits per heavy atom. The summed E-state index contributed by atoms with van der Waals surface area (Å²) in [6, 6.07) is 6.33. The lowest BCUT2D eigenvalue weighted by Gasteiger charge is -2.10. The van der Waals surface area contributed by atoms with Gasteiger partial charge in [0.05, 0.1) is 0 Å². The lowest BCUT2D eigenvalue weighted by Crippen LogP contribution is -2.50. The van der Waals surface area contributed by atoms with E-state index in [1.807, 2.05) is 24.5 Å². The lowest BCUT2D eigenvalue weighted by atomic mass is 10.2. The number of aryl methyl sites for hydroxylation is 1. The van der Waals surface area contributed by atoms with E-state index in [9.17, 15) is 14.4 Å². The van der Waals surface area contributed by atoms with Crippen molar-refractivity contribution in [2.45, 2.75) is 26.8 Å². The van der Waals surface area contributed by atoms with Gasteiger partial charge in [0.1, 0.15) is 0 Å². The van der Waals surface area contributed by atoms with Crippen molar-refractivity contribution >= 4 is 23.5 Å². The Bertz CT molecular complexity index is 497. The fourth-order valence-electron chi connectivity index (χ4n) is 1.30. The molecule has 1 aromatic rings. The zero-order chi connectivity index (χ0) is 15.1. The summed E-state index contributed by atoms with van der Waals surface area (Å²) in [7, 11) is 0. The van der Waals surface area contributed by atoms with Gasteiger partial charge in [-0.15, -0.1) is 0 Å². The van der Waals surface area contributed by atoms with Gasteiger partial charge in [-0.25, -0.2) is 10.2 Å². The van der Waals surface area contributed by atoms with Crippen molar-refractivity contribution in [3.63, 3.8) is 0 Å². The second kappa shape index (κ2) is 7.13. The molecule has 0 fully saturated rings. The Labute approximate surface area is 117 Å². The van der Waals surface area contributed by atoms with Crippen molar-refractivity contribution in [3.8, 4) is 0 Å². The fourth-order valence-corrected chi connectivity index (χ4v) is 1.30. The van der Waals surface area contributed by atoms with Crippen LogP contribution in [0.4, 0.5) is 10.5 Å². The molecule has 0 spiro atoms. The maximum absolute atomic E-state index is 11.5. The van der Waals surface area contributed by atoms with Crippen molar-refractivity contribution < 1.29 is 14.4 Å². The van der Waals surface area contributed by atoms with Gasteiger partial charge in [0, 0.05) is 11.7 Å². The summed E-state index contributed by atoms with van der Waals surface area (Å²) >= 11 is 0. The van der Waals surface area contributed by atoms with Gasteiger partial charge in [0.15, 0.2) is 0 Å². The number of amides is 4. The van der Waals surface area contributed by atoms with Crippen molar-refractivity contribution in [3.05, 3.63) is 29.8 Å². The molecule has 0 saturated carbocycles. The number of hydrazine groups is 1. The van der Waals surface area contributed by atoms with Crippen LogP contribution < -0.4 is 21.5 Å². The molecule has 0 aliphatic rings. The number of carbonyl (C=O) groups is 3. The summed E-state index contributed by atoms with van der Waals surface area (Å²) in [5.74, 6) is -1.74. The Balaban J connectivity index is 2.38. The maximum atomic E-state index is 11.5. The first-order chi connectivity index (χ1) is 9.38. The summed E-state index contributed by atoms with van der Waals surface area (Å²) in [6.45, 7) is 5.38. The molecule has 0 atom stereocenters. The van der Waals surface area contributed by atoms with Crippen LogP contribution in [0.25, 0.3) is 0 Å². The minimum Gasteiger partial charge on any atom is -0.346 e.